The van der Waals surface area contributed by atoms with Crippen molar-refractivity contribution in [3.63, 3.8) is 0 Å². The third-order valence-electron chi connectivity index (χ3n) is 4.69. The molecule has 6 nitrogen and oxygen atoms in total. The highest BCUT2D eigenvalue weighted by Gasteiger charge is 2.20. The first kappa shape index (κ1) is 16.7. The van der Waals surface area contributed by atoms with E-state index in [0.717, 1.165) is 37.3 Å². The predicted molar refractivity (Wildman–Crippen MR) is 97.6 cm³/mol. The van der Waals surface area contributed by atoms with Gasteiger partial charge in [-0.15, -0.1) is 5.10 Å². The van der Waals surface area contributed by atoms with Gasteiger partial charge in [-0.05, 0) is 42.7 Å². The Labute approximate surface area is 151 Å². The first-order valence-corrected chi connectivity index (χ1v) is 8.82. The molecule has 3 heterocycles. The fraction of sp³-hybridized carbons (Fsp3) is 0.316. The summed E-state index contributed by atoms with van der Waals surface area (Å²) >= 11 is 0. The molecule has 7 heteroatoms. The van der Waals surface area contributed by atoms with E-state index in [1.807, 2.05) is 18.2 Å². The highest BCUT2D eigenvalue weighted by Crippen LogP contribution is 2.18. The van der Waals surface area contributed by atoms with Crippen LogP contribution in [0.4, 0.5) is 10.2 Å². The lowest BCUT2D eigenvalue weighted by molar-refractivity contribution is 0.419. The van der Waals surface area contributed by atoms with Gasteiger partial charge in [-0.3, -0.25) is 0 Å². The van der Waals surface area contributed by atoms with Gasteiger partial charge in [0.15, 0.2) is 5.82 Å². The minimum atomic E-state index is -0.243. The second-order valence-electron chi connectivity index (χ2n) is 6.50. The molecular formula is C19H21FN6. The van der Waals surface area contributed by atoms with Gasteiger partial charge in [0.05, 0.1) is 12.0 Å². The van der Waals surface area contributed by atoms with Gasteiger partial charge < -0.3 is 14.8 Å². The van der Waals surface area contributed by atoms with Crippen LogP contribution in [0, 0.1) is 5.82 Å². The lowest BCUT2D eigenvalue weighted by Crippen LogP contribution is -2.45. The molecule has 1 atom stereocenters. The van der Waals surface area contributed by atoms with Gasteiger partial charge in [0, 0.05) is 44.3 Å². The van der Waals surface area contributed by atoms with E-state index in [-0.39, 0.29) is 5.82 Å². The summed E-state index contributed by atoms with van der Waals surface area (Å²) in [7, 11) is 0. The maximum atomic E-state index is 14.4. The molecule has 1 saturated heterocycles. The largest absolute Gasteiger partial charge is 0.354 e. The maximum Gasteiger partial charge on any atom is 0.151 e. The van der Waals surface area contributed by atoms with E-state index in [9.17, 15) is 4.39 Å². The number of benzene rings is 1. The van der Waals surface area contributed by atoms with Crippen LogP contribution in [-0.4, -0.2) is 38.9 Å². The first-order chi connectivity index (χ1) is 12.8. The monoisotopic (exact) mass is 352 g/mol. The minimum absolute atomic E-state index is 0.243. The Hall–Kier alpha value is -2.80. The van der Waals surface area contributed by atoms with Crippen molar-refractivity contribution in [2.45, 2.75) is 25.4 Å². The number of nitrogens with one attached hydrogen (secondary N) is 1. The van der Waals surface area contributed by atoms with Gasteiger partial charge in [-0.2, -0.15) is 5.10 Å². The second-order valence-corrected chi connectivity index (χ2v) is 6.50. The summed E-state index contributed by atoms with van der Waals surface area (Å²) < 4.78 is 16.0. The normalized spacial score (nSPS) is 17.4. The summed E-state index contributed by atoms with van der Waals surface area (Å²) in [5.41, 5.74) is 1.45. The average molecular weight is 352 g/mol. The maximum absolute atomic E-state index is 14.4. The van der Waals surface area contributed by atoms with Gasteiger partial charge in [0.25, 0.3) is 0 Å². The molecule has 0 spiro atoms. The molecule has 0 aliphatic carbocycles. The van der Waals surface area contributed by atoms with Crippen LogP contribution in [0.25, 0.3) is 5.69 Å². The van der Waals surface area contributed by atoms with Crippen LogP contribution in [0.2, 0.25) is 0 Å². The standard InChI is InChI=1S/C19H21FN6/c20-17-11-15(5-6-18(17)26-10-8-21-14-26)12-22-16-3-2-9-25(13-16)19-4-1-7-23-24-19/h1,4-8,10-11,14,16,22H,2-3,9,12-13H2. The highest BCUT2D eigenvalue weighted by molar-refractivity contribution is 5.38. The Balaban J connectivity index is 1.37. The van der Waals surface area contributed by atoms with Crippen molar-refractivity contribution in [2.24, 2.45) is 0 Å². The predicted octanol–water partition coefficient (Wildman–Crippen LogP) is 2.56. The minimum Gasteiger partial charge on any atom is -0.354 e. The third-order valence-corrected chi connectivity index (χ3v) is 4.69. The molecule has 2 aromatic heterocycles. The molecule has 1 N–H and O–H groups in total. The molecular weight excluding hydrogens is 331 g/mol. The zero-order valence-electron chi connectivity index (χ0n) is 14.4. The molecule has 0 bridgehead atoms. The molecule has 1 aliphatic rings. The van der Waals surface area contributed by atoms with E-state index >= 15 is 0 Å². The van der Waals surface area contributed by atoms with E-state index in [2.05, 4.69) is 25.4 Å². The van der Waals surface area contributed by atoms with Gasteiger partial charge in [0.2, 0.25) is 0 Å². The van der Waals surface area contributed by atoms with Gasteiger partial charge >= 0.3 is 0 Å². The Kier molecular flexibility index (Phi) is 4.88. The van der Waals surface area contributed by atoms with Crippen LogP contribution in [0.1, 0.15) is 18.4 Å². The smallest absolute Gasteiger partial charge is 0.151 e. The molecule has 26 heavy (non-hydrogen) atoms. The summed E-state index contributed by atoms with van der Waals surface area (Å²) in [6, 6.07) is 9.58. The van der Waals surface area contributed by atoms with Crippen LogP contribution < -0.4 is 10.2 Å². The average Bonchev–Trinajstić information content (AvgIpc) is 3.22. The molecule has 1 unspecified atom stereocenters. The van der Waals surface area contributed by atoms with Crippen molar-refractivity contribution in [3.05, 3.63) is 66.6 Å². The van der Waals surface area contributed by atoms with Crippen LogP contribution in [-0.2, 0) is 6.54 Å². The lowest BCUT2D eigenvalue weighted by Gasteiger charge is -2.33. The molecule has 0 saturated carbocycles. The van der Waals surface area contributed by atoms with Crippen molar-refractivity contribution in [1.82, 2.24) is 25.1 Å². The van der Waals surface area contributed by atoms with E-state index in [1.165, 1.54) is 0 Å². The van der Waals surface area contributed by atoms with Crippen LogP contribution in [0.5, 0.6) is 0 Å². The van der Waals surface area contributed by atoms with Gasteiger partial charge in [-0.25, -0.2) is 9.37 Å². The number of halogens is 1. The molecule has 4 rings (SSSR count). The summed E-state index contributed by atoms with van der Waals surface area (Å²) in [5, 5.41) is 11.7. The fourth-order valence-electron chi connectivity index (χ4n) is 3.35. The van der Waals surface area contributed by atoms with E-state index in [1.54, 1.807) is 41.6 Å². The number of aromatic nitrogens is 4. The zero-order valence-corrected chi connectivity index (χ0v) is 14.4. The number of hydrogen-bond acceptors (Lipinski definition) is 5. The van der Waals surface area contributed by atoms with Crippen LogP contribution in [0.15, 0.2) is 55.2 Å². The number of nitrogens with zero attached hydrogens (tertiary/aromatic N) is 5. The van der Waals surface area contributed by atoms with Crippen molar-refractivity contribution in [2.75, 3.05) is 18.0 Å². The Bertz CT molecular complexity index is 837. The Morgan fingerprint density at radius 3 is 2.96 bits per heavy atom. The summed E-state index contributed by atoms with van der Waals surface area (Å²) in [6.07, 6.45) is 8.86. The number of hydrogen-bond donors (Lipinski definition) is 1. The second kappa shape index (κ2) is 7.61. The molecule has 134 valence electrons. The summed E-state index contributed by atoms with van der Waals surface area (Å²) in [6.45, 7) is 2.51. The number of anilines is 1. The molecule has 1 aromatic carbocycles. The van der Waals surface area contributed by atoms with Crippen molar-refractivity contribution in [1.29, 1.82) is 0 Å². The summed E-state index contributed by atoms with van der Waals surface area (Å²) in [5.74, 6) is 0.668. The topological polar surface area (TPSA) is 58.9 Å². The Morgan fingerprint density at radius 2 is 2.19 bits per heavy atom. The third kappa shape index (κ3) is 3.72. The van der Waals surface area contributed by atoms with Gasteiger partial charge in [-0.1, -0.05) is 6.07 Å². The highest BCUT2D eigenvalue weighted by atomic mass is 19.1. The van der Waals surface area contributed by atoms with E-state index in [0.29, 0.717) is 18.3 Å². The fourth-order valence-corrected chi connectivity index (χ4v) is 3.35. The number of imidazole rings is 1. The first-order valence-electron chi connectivity index (χ1n) is 8.82. The summed E-state index contributed by atoms with van der Waals surface area (Å²) in [4.78, 5) is 6.21. The van der Waals surface area contributed by atoms with Crippen LogP contribution in [0.3, 0.4) is 0 Å². The Morgan fingerprint density at radius 1 is 1.23 bits per heavy atom. The quantitative estimate of drug-likeness (QED) is 0.765. The SMILES string of the molecule is Fc1cc(CNC2CCCN(c3cccnn3)C2)ccc1-n1ccnc1. The number of piperidine rings is 1. The van der Waals surface area contributed by atoms with Crippen molar-refractivity contribution < 1.29 is 4.39 Å². The van der Waals surface area contributed by atoms with Crippen molar-refractivity contribution >= 4 is 5.82 Å². The van der Waals surface area contributed by atoms with E-state index < -0.39 is 0 Å². The van der Waals surface area contributed by atoms with Gasteiger partial charge in [0.1, 0.15) is 5.82 Å². The lowest BCUT2D eigenvalue weighted by atomic mass is 10.1. The molecule has 0 radical (unpaired) electrons. The van der Waals surface area contributed by atoms with E-state index in [4.69, 9.17) is 0 Å². The van der Waals surface area contributed by atoms with Crippen LogP contribution >= 0.6 is 0 Å². The number of rotatable bonds is 5. The molecule has 1 aliphatic heterocycles. The zero-order chi connectivity index (χ0) is 17.8. The molecule has 0 amide bonds. The molecule has 3 aromatic rings. The van der Waals surface area contributed by atoms with Crippen molar-refractivity contribution in [3.8, 4) is 5.69 Å². The molecule has 1 fully saturated rings.